The average Bonchev–Trinajstić information content (AvgIpc) is 2.29. The Labute approximate surface area is 118 Å². The molecule has 0 amide bonds. The minimum absolute atomic E-state index is 0.0766. The second kappa shape index (κ2) is 5.78. The Hall–Kier alpha value is 0.0300. The zero-order valence-electron chi connectivity index (χ0n) is 9.77. The van der Waals surface area contributed by atoms with Crippen LogP contribution in [0.25, 0.3) is 0 Å². The molecule has 0 fully saturated rings. The van der Waals surface area contributed by atoms with Gasteiger partial charge < -0.3 is 4.55 Å². The van der Waals surface area contributed by atoms with E-state index in [2.05, 4.69) is 32.5 Å². The van der Waals surface area contributed by atoms with Crippen LogP contribution in [0.5, 0.6) is 0 Å². The smallest absolute Gasteiger partial charge is 0.137 e. The van der Waals surface area contributed by atoms with Gasteiger partial charge in [-0.15, -0.1) is 11.8 Å². The van der Waals surface area contributed by atoms with Gasteiger partial charge in [0, 0.05) is 27.1 Å². The maximum absolute atomic E-state index is 11.8. The lowest BCUT2D eigenvalue weighted by molar-refractivity contribution is 0.588. The zero-order chi connectivity index (χ0) is 12.4. The third-order valence-electron chi connectivity index (χ3n) is 2.45. The third-order valence-corrected chi connectivity index (χ3v) is 5.23. The van der Waals surface area contributed by atoms with E-state index in [-0.39, 0.29) is 5.25 Å². The van der Waals surface area contributed by atoms with E-state index in [0.717, 1.165) is 27.9 Å². The molecule has 1 aliphatic heterocycles. The van der Waals surface area contributed by atoms with E-state index in [1.807, 2.05) is 31.7 Å². The van der Waals surface area contributed by atoms with Crippen LogP contribution in [-0.4, -0.2) is 21.3 Å². The fourth-order valence-electron chi connectivity index (χ4n) is 1.55. The van der Waals surface area contributed by atoms with Gasteiger partial charge in [-0.1, -0.05) is 20.3 Å². The summed E-state index contributed by atoms with van der Waals surface area (Å²) in [6.07, 6.45) is 0.895. The van der Waals surface area contributed by atoms with Crippen molar-refractivity contribution in [2.75, 3.05) is 5.75 Å². The Kier molecular flexibility index (Phi) is 4.58. The van der Waals surface area contributed by atoms with Gasteiger partial charge in [-0.05, 0) is 32.0 Å². The molecule has 0 saturated heterocycles. The molecule has 2 nitrogen and oxygen atoms in total. The van der Waals surface area contributed by atoms with Gasteiger partial charge in [-0.3, -0.25) is 0 Å². The van der Waals surface area contributed by atoms with Crippen LogP contribution < -0.4 is 0 Å². The van der Waals surface area contributed by atoms with Crippen LogP contribution in [-0.2, 0) is 11.4 Å². The number of halogens is 1. The monoisotopic (exact) mass is 331 g/mol. The minimum atomic E-state index is -1.12. The molecule has 1 aromatic rings. The molecule has 0 aromatic heterocycles. The summed E-state index contributed by atoms with van der Waals surface area (Å²) >= 11 is 4.19. The zero-order valence-corrected chi connectivity index (χ0v) is 13.0. The fraction of sp³-hybridized carbons (Fsp3) is 0.417. The summed E-state index contributed by atoms with van der Waals surface area (Å²) in [6.45, 7) is 3.86. The number of nitrogens with zero attached hydrogens (tertiary/aromatic N) is 1. The lowest BCUT2D eigenvalue weighted by Crippen LogP contribution is -2.17. The summed E-state index contributed by atoms with van der Waals surface area (Å²) in [5.41, 5.74) is 2.11. The standard InChI is InChI=1S/C12H14BrNOS2/c1-8(2)17(15)14-11-5-6-16-12-4-3-9(13)7-10(11)12/h3-4,7-8H,5-6H2,1-2H3/b14-11+/t17-/m1/s1. The Morgan fingerprint density at radius 3 is 2.94 bits per heavy atom. The molecular weight excluding hydrogens is 318 g/mol. The van der Waals surface area contributed by atoms with Crippen molar-refractivity contribution >= 4 is 44.8 Å². The number of hydrogen-bond donors (Lipinski definition) is 0. The van der Waals surface area contributed by atoms with Crippen molar-refractivity contribution in [3.63, 3.8) is 0 Å². The summed E-state index contributed by atoms with van der Waals surface area (Å²) in [7, 11) is 0. The number of benzene rings is 1. The van der Waals surface area contributed by atoms with Gasteiger partial charge in [0.2, 0.25) is 0 Å². The maximum atomic E-state index is 11.8. The topological polar surface area (TPSA) is 35.4 Å². The van der Waals surface area contributed by atoms with Crippen LogP contribution in [0.15, 0.2) is 32.0 Å². The highest BCUT2D eigenvalue weighted by Gasteiger charge is 2.20. The predicted molar refractivity (Wildman–Crippen MR) is 79.3 cm³/mol. The van der Waals surface area contributed by atoms with E-state index in [4.69, 9.17) is 0 Å². The summed E-state index contributed by atoms with van der Waals surface area (Å²) in [6, 6.07) is 6.20. The highest BCUT2D eigenvalue weighted by molar-refractivity contribution is 9.10. The summed E-state index contributed by atoms with van der Waals surface area (Å²) in [5, 5.41) is 0.0766. The van der Waals surface area contributed by atoms with Crippen LogP contribution in [0, 0.1) is 0 Å². The van der Waals surface area contributed by atoms with Crippen molar-refractivity contribution in [3.05, 3.63) is 28.2 Å². The minimum Gasteiger partial charge on any atom is -0.591 e. The van der Waals surface area contributed by atoms with E-state index >= 15 is 0 Å². The molecule has 0 N–H and O–H groups in total. The van der Waals surface area contributed by atoms with E-state index in [0.29, 0.717) is 0 Å². The van der Waals surface area contributed by atoms with E-state index in [1.54, 1.807) is 0 Å². The molecule has 0 aliphatic carbocycles. The van der Waals surface area contributed by atoms with Gasteiger partial charge >= 0.3 is 0 Å². The molecule has 0 saturated carbocycles. The molecule has 0 bridgehead atoms. The molecule has 17 heavy (non-hydrogen) atoms. The van der Waals surface area contributed by atoms with Crippen LogP contribution in [0.2, 0.25) is 0 Å². The summed E-state index contributed by atoms with van der Waals surface area (Å²) in [5.74, 6) is 1.02. The van der Waals surface area contributed by atoms with E-state index in [9.17, 15) is 4.55 Å². The van der Waals surface area contributed by atoms with Gasteiger partial charge in [-0.25, -0.2) is 0 Å². The first kappa shape index (κ1) is 13.5. The molecule has 2 rings (SSSR count). The predicted octanol–water partition coefficient (Wildman–Crippen LogP) is 3.81. The second-order valence-corrected chi connectivity index (χ2v) is 7.83. The Morgan fingerprint density at radius 1 is 1.47 bits per heavy atom. The highest BCUT2D eigenvalue weighted by atomic mass is 79.9. The first-order valence-corrected chi connectivity index (χ1v) is 8.44. The van der Waals surface area contributed by atoms with Crippen LogP contribution >= 0.6 is 27.7 Å². The lowest BCUT2D eigenvalue weighted by Gasteiger charge is -2.18. The molecule has 1 heterocycles. The summed E-state index contributed by atoms with van der Waals surface area (Å²) in [4.78, 5) is 1.24. The summed E-state index contributed by atoms with van der Waals surface area (Å²) < 4.78 is 17.2. The van der Waals surface area contributed by atoms with Crippen LogP contribution in [0.4, 0.5) is 0 Å². The molecule has 0 spiro atoms. The first-order valence-electron chi connectivity index (χ1n) is 5.49. The largest absolute Gasteiger partial charge is 0.591 e. The van der Waals surface area contributed by atoms with Crippen molar-refractivity contribution < 1.29 is 4.55 Å². The maximum Gasteiger partial charge on any atom is 0.137 e. The number of rotatable bonds is 2. The van der Waals surface area contributed by atoms with Crippen molar-refractivity contribution in [3.8, 4) is 0 Å². The molecule has 1 atom stereocenters. The van der Waals surface area contributed by atoms with Gasteiger partial charge in [0.05, 0.1) is 11.4 Å². The van der Waals surface area contributed by atoms with Gasteiger partial charge in [-0.2, -0.15) is 0 Å². The first-order chi connectivity index (χ1) is 8.08. The van der Waals surface area contributed by atoms with Crippen molar-refractivity contribution in [1.29, 1.82) is 0 Å². The van der Waals surface area contributed by atoms with Crippen molar-refractivity contribution in [2.24, 2.45) is 4.40 Å². The molecule has 92 valence electrons. The molecule has 0 radical (unpaired) electrons. The van der Waals surface area contributed by atoms with Crippen LogP contribution in [0.1, 0.15) is 25.8 Å². The molecule has 5 heteroatoms. The molecule has 1 aliphatic rings. The van der Waals surface area contributed by atoms with E-state index in [1.165, 1.54) is 4.90 Å². The van der Waals surface area contributed by atoms with Gasteiger partial charge in [0.25, 0.3) is 0 Å². The quantitative estimate of drug-likeness (QED) is 0.772. The SMILES string of the molecule is CC(C)[S@@+]([O-])/N=C1\CCSc2ccc(Br)cc21. The lowest BCUT2D eigenvalue weighted by atomic mass is 10.1. The molecule has 0 unspecified atom stereocenters. The average molecular weight is 332 g/mol. The van der Waals surface area contributed by atoms with Crippen molar-refractivity contribution in [1.82, 2.24) is 0 Å². The number of fused-ring (bicyclic) bond motifs is 1. The molecular formula is C12H14BrNOS2. The number of hydrogen-bond acceptors (Lipinski definition) is 3. The molecule has 1 aromatic carbocycles. The van der Waals surface area contributed by atoms with E-state index < -0.39 is 11.4 Å². The number of thioether (sulfide) groups is 1. The van der Waals surface area contributed by atoms with Gasteiger partial charge in [0.15, 0.2) is 0 Å². The second-order valence-electron chi connectivity index (χ2n) is 4.10. The van der Waals surface area contributed by atoms with Crippen molar-refractivity contribution in [2.45, 2.75) is 30.4 Å². The Balaban J connectivity index is 2.37. The van der Waals surface area contributed by atoms with Crippen LogP contribution in [0.3, 0.4) is 0 Å². The fourth-order valence-corrected chi connectivity index (χ4v) is 3.55. The highest BCUT2D eigenvalue weighted by Crippen LogP contribution is 2.32. The normalized spacial score (nSPS) is 19.5. The Bertz CT molecular complexity index is 448. The van der Waals surface area contributed by atoms with Gasteiger partial charge in [0.1, 0.15) is 11.0 Å². The Morgan fingerprint density at radius 2 is 2.24 bits per heavy atom. The third kappa shape index (κ3) is 3.28.